The smallest absolute Gasteiger partial charge is 0.198 e. The number of rotatable bonds is 3. The van der Waals surface area contributed by atoms with Crippen molar-refractivity contribution in [3.05, 3.63) is 59.2 Å². The van der Waals surface area contributed by atoms with Crippen LogP contribution in [0.5, 0.6) is 11.5 Å². The Kier molecular flexibility index (Phi) is 3.97. The number of halogens is 4. The van der Waals surface area contributed by atoms with E-state index in [1.807, 2.05) is 0 Å². The summed E-state index contributed by atoms with van der Waals surface area (Å²) in [6, 6.07) is 3.95. The Labute approximate surface area is 116 Å². The van der Waals surface area contributed by atoms with Crippen LogP contribution in [0.15, 0.2) is 35.5 Å². The van der Waals surface area contributed by atoms with Crippen LogP contribution in [0.4, 0.5) is 17.6 Å². The second kappa shape index (κ2) is 5.70. The summed E-state index contributed by atoms with van der Waals surface area (Å²) in [6.45, 7) is 0. The minimum atomic E-state index is -1.22. The number of ether oxygens (including phenoxy) is 1. The highest BCUT2D eigenvalue weighted by Crippen LogP contribution is 2.29. The van der Waals surface area contributed by atoms with Crippen molar-refractivity contribution in [2.24, 2.45) is 10.9 Å². The molecule has 3 N–H and O–H groups in total. The Bertz CT molecular complexity index is 696. The van der Waals surface area contributed by atoms with Crippen LogP contribution in [0.2, 0.25) is 0 Å². The lowest BCUT2D eigenvalue weighted by Crippen LogP contribution is -2.14. The van der Waals surface area contributed by atoms with Gasteiger partial charge < -0.3 is 15.7 Å². The van der Waals surface area contributed by atoms with Crippen LogP contribution in [-0.2, 0) is 0 Å². The van der Waals surface area contributed by atoms with Gasteiger partial charge in [-0.1, -0.05) is 5.16 Å². The van der Waals surface area contributed by atoms with Gasteiger partial charge in [-0.25, -0.2) is 17.6 Å². The van der Waals surface area contributed by atoms with Gasteiger partial charge in [0.25, 0.3) is 0 Å². The van der Waals surface area contributed by atoms with Gasteiger partial charge in [-0.3, -0.25) is 0 Å². The molecule has 0 bridgehead atoms. The van der Waals surface area contributed by atoms with Gasteiger partial charge in [0.2, 0.25) is 0 Å². The average Bonchev–Trinajstić information content (AvgIpc) is 2.45. The third-order valence-corrected chi connectivity index (χ3v) is 2.51. The van der Waals surface area contributed by atoms with Gasteiger partial charge in [0.15, 0.2) is 34.9 Å². The van der Waals surface area contributed by atoms with E-state index in [0.717, 1.165) is 24.3 Å². The average molecular weight is 300 g/mol. The number of hydrogen-bond acceptors (Lipinski definition) is 3. The number of nitrogens with two attached hydrogens (primary N) is 1. The lowest BCUT2D eigenvalue weighted by molar-refractivity contribution is 0.318. The van der Waals surface area contributed by atoms with Crippen molar-refractivity contribution in [3.8, 4) is 11.5 Å². The molecule has 2 aromatic rings. The lowest BCUT2D eigenvalue weighted by atomic mass is 10.2. The summed E-state index contributed by atoms with van der Waals surface area (Å²) in [4.78, 5) is 0. The molecule has 0 radical (unpaired) electrons. The van der Waals surface area contributed by atoms with Crippen molar-refractivity contribution < 1.29 is 27.5 Å². The molecule has 0 spiro atoms. The summed E-state index contributed by atoms with van der Waals surface area (Å²) in [5.74, 6) is -6.25. The maximum atomic E-state index is 13.7. The lowest BCUT2D eigenvalue weighted by Gasteiger charge is -2.09. The molecule has 21 heavy (non-hydrogen) atoms. The summed E-state index contributed by atoms with van der Waals surface area (Å²) in [5.41, 5.74) is 5.00. The van der Waals surface area contributed by atoms with Crippen molar-refractivity contribution in [1.29, 1.82) is 0 Å². The molecule has 2 aromatic carbocycles. The van der Waals surface area contributed by atoms with Gasteiger partial charge in [-0.2, -0.15) is 0 Å². The minimum absolute atomic E-state index is 0.204. The first-order valence-corrected chi connectivity index (χ1v) is 5.52. The highest BCUT2D eigenvalue weighted by Gasteiger charge is 2.16. The Morgan fingerprint density at radius 1 is 0.952 bits per heavy atom. The molecule has 0 aliphatic heterocycles. The van der Waals surface area contributed by atoms with Gasteiger partial charge in [0, 0.05) is 11.6 Å². The van der Waals surface area contributed by atoms with E-state index in [4.69, 9.17) is 15.7 Å². The SMILES string of the molecule is N/C(=N/O)c1cc(F)c(Oc2ccc(F)c(F)c2)c(F)c1. The predicted octanol–water partition coefficient (Wildman–Crippen LogP) is 3.13. The van der Waals surface area contributed by atoms with E-state index in [-0.39, 0.29) is 11.3 Å². The number of oxime groups is 1. The number of amidine groups is 1. The largest absolute Gasteiger partial charge is 0.451 e. The molecule has 0 amide bonds. The number of benzene rings is 2. The fourth-order valence-electron chi connectivity index (χ4n) is 1.52. The van der Waals surface area contributed by atoms with Crippen molar-refractivity contribution in [3.63, 3.8) is 0 Å². The van der Waals surface area contributed by atoms with Crippen molar-refractivity contribution in [2.75, 3.05) is 0 Å². The van der Waals surface area contributed by atoms with Gasteiger partial charge in [-0.05, 0) is 24.3 Å². The van der Waals surface area contributed by atoms with Crippen molar-refractivity contribution in [1.82, 2.24) is 0 Å². The molecule has 0 saturated carbocycles. The van der Waals surface area contributed by atoms with Crippen molar-refractivity contribution in [2.45, 2.75) is 0 Å². The molecular formula is C13H8F4N2O2. The Hall–Kier alpha value is -2.77. The monoisotopic (exact) mass is 300 g/mol. The highest BCUT2D eigenvalue weighted by atomic mass is 19.2. The van der Waals surface area contributed by atoms with Crippen molar-refractivity contribution >= 4 is 5.84 Å². The van der Waals surface area contributed by atoms with E-state index >= 15 is 0 Å². The van der Waals surface area contributed by atoms with Crippen LogP contribution in [0, 0.1) is 23.3 Å². The zero-order valence-corrected chi connectivity index (χ0v) is 10.3. The fraction of sp³-hybridized carbons (Fsp3) is 0. The van der Waals surface area contributed by atoms with Crippen LogP contribution in [0.25, 0.3) is 0 Å². The molecule has 8 heteroatoms. The quantitative estimate of drug-likeness (QED) is 0.301. The van der Waals surface area contributed by atoms with Gasteiger partial charge >= 0.3 is 0 Å². The number of hydrogen-bond donors (Lipinski definition) is 2. The van der Waals surface area contributed by atoms with E-state index in [0.29, 0.717) is 6.07 Å². The molecule has 0 aromatic heterocycles. The van der Waals surface area contributed by atoms with Crippen LogP contribution in [0.1, 0.15) is 5.56 Å². The molecule has 0 aliphatic carbocycles. The Morgan fingerprint density at radius 2 is 1.57 bits per heavy atom. The maximum Gasteiger partial charge on any atom is 0.198 e. The third kappa shape index (κ3) is 3.04. The molecule has 0 aliphatic rings. The van der Waals surface area contributed by atoms with E-state index < -0.39 is 34.9 Å². The topological polar surface area (TPSA) is 67.8 Å². The van der Waals surface area contributed by atoms with E-state index in [1.165, 1.54) is 0 Å². The summed E-state index contributed by atoms with van der Waals surface area (Å²) in [5, 5.41) is 11.0. The van der Waals surface area contributed by atoms with Crippen LogP contribution in [0.3, 0.4) is 0 Å². The first kappa shape index (κ1) is 14.6. The highest BCUT2D eigenvalue weighted by molar-refractivity contribution is 5.97. The summed E-state index contributed by atoms with van der Waals surface area (Å²) in [6.07, 6.45) is 0. The molecular weight excluding hydrogens is 292 g/mol. The van der Waals surface area contributed by atoms with Crippen LogP contribution < -0.4 is 10.5 Å². The molecule has 4 nitrogen and oxygen atoms in total. The predicted molar refractivity (Wildman–Crippen MR) is 65.3 cm³/mol. The maximum absolute atomic E-state index is 13.7. The molecule has 0 atom stereocenters. The second-order valence-electron chi connectivity index (χ2n) is 3.93. The molecule has 0 heterocycles. The first-order valence-electron chi connectivity index (χ1n) is 5.52. The van der Waals surface area contributed by atoms with E-state index in [9.17, 15) is 17.6 Å². The molecule has 0 unspecified atom stereocenters. The van der Waals surface area contributed by atoms with E-state index in [1.54, 1.807) is 0 Å². The van der Waals surface area contributed by atoms with Gasteiger partial charge in [0.1, 0.15) is 5.75 Å². The van der Waals surface area contributed by atoms with Gasteiger partial charge in [0.05, 0.1) is 0 Å². The van der Waals surface area contributed by atoms with Crippen LogP contribution in [-0.4, -0.2) is 11.0 Å². The molecule has 0 fully saturated rings. The Balaban J connectivity index is 2.38. The second-order valence-corrected chi connectivity index (χ2v) is 3.93. The van der Waals surface area contributed by atoms with Crippen LogP contribution >= 0.6 is 0 Å². The fourth-order valence-corrected chi connectivity index (χ4v) is 1.52. The summed E-state index contributed by atoms with van der Waals surface area (Å²) < 4.78 is 58.1. The zero-order chi connectivity index (χ0) is 15.6. The Morgan fingerprint density at radius 3 is 2.10 bits per heavy atom. The normalized spacial score (nSPS) is 11.5. The third-order valence-electron chi connectivity index (χ3n) is 2.51. The molecule has 0 saturated heterocycles. The van der Waals surface area contributed by atoms with E-state index in [2.05, 4.69) is 5.16 Å². The first-order chi connectivity index (χ1) is 9.92. The van der Waals surface area contributed by atoms with Gasteiger partial charge in [-0.15, -0.1) is 0 Å². The molecule has 110 valence electrons. The summed E-state index contributed by atoms with van der Waals surface area (Å²) >= 11 is 0. The zero-order valence-electron chi connectivity index (χ0n) is 10.3. The molecule has 2 rings (SSSR count). The summed E-state index contributed by atoms with van der Waals surface area (Å²) in [7, 11) is 0. The minimum Gasteiger partial charge on any atom is -0.451 e. The standard InChI is InChI=1S/C13H8F4N2O2/c14-8-2-1-7(5-9(8)15)21-12-10(16)3-6(4-11(12)17)13(18)19-20/h1-5,20H,(H2,18,19). The number of nitrogens with zero attached hydrogens (tertiary/aromatic N) is 1.